The van der Waals surface area contributed by atoms with Gasteiger partial charge in [0.25, 0.3) is 0 Å². The molecular weight excluding hydrogens is 248 g/mol. The van der Waals surface area contributed by atoms with Crippen molar-refractivity contribution in [2.45, 2.75) is 31.9 Å². The van der Waals surface area contributed by atoms with Crippen LogP contribution in [0.25, 0.3) is 0 Å². The molecule has 5 heteroatoms. The van der Waals surface area contributed by atoms with Gasteiger partial charge in [-0.2, -0.15) is 0 Å². The zero-order valence-corrected chi connectivity index (χ0v) is 10.9. The highest BCUT2D eigenvalue weighted by molar-refractivity contribution is 8.14. The molecular formula is C11H15ClO3S. The zero-order valence-electron chi connectivity index (χ0n) is 9.36. The highest BCUT2D eigenvalue weighted by Crippen LogP contribution is 2.45. The first-order chi connectivity index (χ1) is 7.32. The van der Waals surface area contributed by atoms with Gasteiger partial charge < -0.3 is 4.74 Å². The summed E-state index contributed by atoms with van der Waals surface area (Å²) in [6.45, 7) is 4.39. The fraction of sp³-hybridized carbons (Fsp3) is 0.636. The standard InChI is InChI=1S/C11H15ClO3S/c1-11(2)5-3-8-7-15-6-4-9(8)10(11)16(12,13)14/h4,6,10H,3,5,7H2,1-2H3. The van der Waals surface area contributed by atoms with Crippen molar-refractivity contribution < 1.29 is 13.2 Å². The van der Waals surface area contributed by atoms with Crippen molar-refractivity contribution in [3.8, 4) is 0 Å². The van der Waals surface area contributed by atoms with E-state index in [9.17, 15) is 8.42 Å². The number of halogens is 1. The van der Waals surface area contributed by atoms with Crippen LogP contribution in [-0.4, -0.2) is 20.3 Å². The minimum Gasteiger partial charge on any atom is -0.497 e. The summed E-state index contributed by atoms with van der Waals surface area (Å²) in [6, 6.07) is 0. The van der Waals surface area contributed by atoms with E-state index in [2.05, 4.69) is 0 Å². The Bertz CT molecular complexity index is 460. The van der Waals surface area contributed by atoms with Crippen LogP contribution in [0, 0.1) is 5.41 Å². The Morgan fingerprint density at radius 1 is 1.50 bits per heavy atom. The van der Waals surface area contributed by atoms with Gasteiger partial charge in [-0.15, -0.1) is 0 Å². The summed E-state index contributed by atoms with van der Waals surface area (Å²) in [7, 11) is 1.98. The summed E-state index contributed by atoms with van der Waals surface area (Å²) in [5.74, 6) is 0. The van der Waals surface area contributed by atoms with Crippen molar-refractivity contribution in [3.63, 3.8) is 0 Å². The molecule has 0 spiro atoms. The Hall–Kier alpha value is -0.480. The van der Waals surface area contributed by atoms with Crippen LogP contribution in [0.2, 0.25) is 0 Å². The van der Waals surface area contributed by atoms with Crippen molar-refractivity contribution in [1.29, 1.82) is 0 Å². The maximum atomic E-state index is 11.7. The van der Waals surface area contributed by atoms with Crippen molar-refractivity contribution in [2.75, 3.05) is 6.61 Å². The molecule has 0 aromatic heterocycles. The number of allylic oxidation sites excluding steroid dienone is 1. The average molecular weight is 263 g/mol. The molecule has 0 saturated heterocycles. The van der Waals surface area contributed by atoms with Gasteiger partial charge >= 0.3 is 0 Å². The van der Waals surface area contributed by atoms with Crippen molar-refractivity contribution >= 4 is 19.7 Å². The Kier molecular flexibility index (Phi) is 2.83. The van der Waals surface area contributed by atoms with E-state index in [0.29, 0.717) is 6.61 Å². The quantitative estimate of drug-likeness (QED) is 0.682. The van der Waals surface area contributed by atoms with Crippen LogP contribution in [0.15, 0.2) is 23.5 Å². The van der Waals surface area contributed by atoms with E-state index in [1.165, 1.54) is 0 Å². The fourth-order valence-corrected chi connectivity index (χ4v) is 4.96. The molecule has 1 atom stereocenters. The molecule has 3 nitrogen and oxygen atoms in total. The molecule has 0 amide bonds. The Labute approximate surface area is 101 Å². The highest BCUT2D eigenvalue weighted by atomic mass is 35.7. The van der Waals surface area contributed by atoms with Crippen LogP contribution in [0.5, 0.6) is 0 Å². The minimum absolute atomic E-state index is 0.318. The van der Waals surface area contributed by atoms with E-state index >= 15 is 0 Å². The van der Waals surface area contributed by atoms with Gasteiger partial charge in [-0.1, -0.05) is 13.8 Å². The summed E-state index contributed by atoms with van der Waals surface area (Å²) in [5.41, 5.74) is 1.58. The normalized spacial score (nSPS) is 28.6. The largest absolute Gasteiger partial charge is 0.497 e. The third-order valence-electron chi connectivity index (χ3n) is 3.35. The van der Waals surface area contributed by atoms with Gasteiger partial charge in [-0.3, -0.25) is 0 Å². The molecule has 0 bridgehead atoms. The molecule has 1 heterocycles. The second-order valence-electron chi connectivity index (χ2n) is 5.02. The second-order valence-corrected chi connectivity index (χ2v) is 7.73. The molecule has 0 fully saturated rings. The van der Waals surface area contributed by atoms with Gasteiger partial charge in [0.1, 0.15) is 11.9 Å². The van der Waals surface area contributed by atoms with Crippen LogP contribution in [0.4, 0.5) is 0 Å². The van der Waals surface area contributed by atoms with Crippen molar-refractivity contribution in [3.05, 3.63) is 23.5 Å². The molecule has 0 aromatic rings. The lowest BCUT2D eigenvalue weighted by atomic mass is 9.73. The molecule has 2 rings (SSSR count). The topological polar surface area (TPSA) is 43.4 Å². The Morgan fingerprint density at radius 2 is 2.19 bits per heavy atom. The molecule has 1 unspecified atom stereocenters. The summed E-state index contributed by atoms with van der Waals surface area (Å²) in [4.78, 5) is 0. The first-order valence-electron chi connectivity index (χ1n) is 5.26. The lowest BCUT2D eigenvalue weighted by molar-refractivity contribution is 0.244. The second kappa shape index (κ2) is 3.77. The highest BCUT2D eigenvalue weighted by Gasteiger charge is 2.44. The predicted octanol–water partition coefficient (Wildman–Crippen LogP) is 2.58. The predicted molar refractivity (Wildman–Crippen MR) is 63.7 cm³/mol. The van der Waals surface area contributed by atoms with Crippen molar-refractivity contribution in [2.24, 2.45) is 5.41 Å². The van der Waals surface area contributed by atoms with Gasteiger partial charge in [-0.25, -0.2) is 8.42 Å². The van der Waals surface area contributed by atoms with Gasteiger partial charge in [0.15, 0.2) is 0 Å². The van der Waals surface area contributed by atoms with Crippen LogP contribution < -0.4 is 0 Å². The zero-order chi connectivity index (χ0) is 12.0. The third kappa shape index (κ3) is 2.00. The van der Waals surface area contributed by atoms with Crippen LogP contribution >= 0.6 is 10.7 Å². The number of hydrogen-bond acceptors (Lipinski definition) is 3. The van der Waals surface area contributed by atoms with E-state index in [1.54, 1.807) is 12.3 Å². The van der Waals surface area contributed by atoms with Crippen LogP contribution in [0.3, 0.4) is 0 Å². The number of ether oxygens (including phenoxy) is 1. The number of hydrogen-bond donors (Lipinski definition) is 0. The van der Waals surface area contributed by atoms with Crippen LogP contribution in [0.1, 0.15) is 26.7 Å². The smallest absolute Gasteiger partial charge is 0.240 e. The first-order valence-corrected chi connectivity index (χ1v) is 7.63. The maximum Gasteiger partial charge on any atom is 0.240 e. The van der Waals surface area contributed by atoms with E-state index in [0.717, 1.165) is 24.0 Å². The fourth-order valence-electron chi connectivity index (χ4n) is 2.52. The molecule has 0 N–H and O–H groups in total. The summed E-state index contributed by atoms with van der Waals surface area (Å²) in [5, 5.41) is -0.620. The van der Waals surface area contributed by atoms with E-state index < -0.39 is 14.3 Å². The van der Waals surface area contributed by atoms with E-state index in [1.807, 2.05) is 13.8 Å². The van der Waals surface area contributed by atoms with Crippen molar-refractivity contribution in [1.82, 2.24) is 0 Å². The molecule has 0 saturated carbocycles. The molecule has 0 aromatic carbocycles. The molecule has 1 aliphatic heterocycles. The van der Waals surface area contributed by atoms with E-state index in [-0.39, 0.29) is 5.41 Å². The Morgan fingerprint density at radius 3 is 2.81 bits per heavy atom. The number of rotatable bonds is 1. The average Bonchev–Trinajstić information content (AvgIpc) is 2.14. The summed E-state index contributed by atoms with van der Waals surface area (Å²) < 4.78 is 28.6. The van der Waals surface area contributed by atoms with Gasteiger partial charge in [0.2, 0.25) is 9.05 Å². The molecule has 1 aliphatic carbocycles. The molecule has 0 radical (unpaired) electrons. The first kappa shape index (κ1) is 12.0. The summed E-state index contributed by atoms with van der Waals surface area (Å²) in [6.07, 6.45) is 4.99. The third-order valence-corrected chi connectivity index (χ3v) is 5.34. The lowest BCUT2D eigenvalue weighted by Crippen LogP contribution is -2.40. The molecule has 90 valence electrons. The van der Waals surface area contributed by atoms with Gasteiger partial charge in [0.05, 0.1) is 6.26 Å². The molecule has 2 aliphatic rings. The SMILES string of the molecule is CC1(C)CCC2=C(C=COC2)C1S(=O)(=O)Cl. The van der Waals surface area contributed by atoms with Gasteiger partial charge in [0, 0.05) is 10.7 Å². The monoisotopic (exact) mass is 262 g/mol. The molecule has 16 heavy (non-hydrogen) atoms. The van der Waals surface area contributed by atoms with Crippen LogP contribution in [-0.2, 0) is 13.8 Å². The summed E-state index contributed by atoms with van der Waals surface area (Å²) >= 11 is 0. The lowest BCUT2D eigenvalue weighted by Gasteiger charge is -2.39. The maximum absolute atomic E-state index is 11.7. The minimum atomic E-state index is -3.60. The Balaban J connectivity index is 2.54. The van der Waals surface area contributed by atoms with Gasteiger partial charge in [-0.05, 0) is 35.5 Å². The van der Waals surface area contributed by atoms with E-state index in [4.69, 9.17) is 15.4 Å².